The fraction of sp³-hybridized carbons (Fsp3) is 1.00. The van der Waals surface area contributed by atoms with Crippen molar-refractivity contribution in [2.45, 2.75) is 56.6 Å². The maximum Gasteiger partial charge on any atom is 0.0741 e. The van der Waals surface area contributed by atoms with Gasteiger partial charge in [-0.1, -0.05) is 6.42 Å². The van der Waals surface area contributed by atoms with Gasteiger partial charge in [0, 0.05) is 25.9 Å². The van der Waals surface area contributed by atoms with Gasteiger partial charge >= 0.3 is 0 Å². The van der Waals surface area contributed by atoms with E-state index in [2.05, 4.69) is 11.9 Å². The fourth-order valence-electron chi connectivity index (χ4n) is 3.33. The molecule has 2 aliphatic heterocycles. The maximum absolute atomic E-state index is 6.11. The van der Waals surface area contributed by atoms with Gasteiger partial charge in [-0.3, -0.25) is 0 Å². The number of hydrogen-bond donors (Lipinski definition) is 1. The SMILES string of the molecule is CN(CCCCCN)C1CCOC2(CCOCC2)C1. The van der Waals surface area contributed by atoms with Crippen molar-refractivity contribution < 1.29 is 9.47 Å². The van der Waals surface area contributed by atoms with E-state index in [1.807, 2.05) is 0 Å². The summed E-state index contributed by atoms with van der Waals surface area (Å²) in [6, 6.07) is 0.685. The van der Waals surface area contributed by atoms with Crippen LogP contribution in [0, 0.1) is 0 Å². The molecule has 0 bridgehead atoms. The normalized spacial score (nSPS) is 27.0. The van der Waals surface area contributed by atoms with Crippen LogP contribution in [0.25, 0.3) is 0 Å². The van der Waals surface area contributed by atoms with E-state index in [1.54, 1.807) is 0 Å². The van der Waals surface area contributed by atoms with Crippen molar-refractivity contribution in [2.75, 3.05) is 40.0 Å². The van der Waals surface area contributed by atoms with Crippen molar-refractivity contribution in [3.63, 3.8) is 0 Å². The number of rotatable bonds is 6. The molecule has 1 spiro atoms. The minimum Gasteiger partial charge on any atom is -0.381 e. The molecule has 0 aromatic carbocycles. The molecule has 1 atom stereocenters. The lowest BCUT2D eigenvalue weighted by molar-refractivity contribution is -0.149. The average molecular weight is 270 g/mol. The predicted octanol–water partition coefficient (Wildman–Crippen LogP) is 1.78. The molecule has 2 heterocycles. The molecule has 19 heavy (non-hydrogen) atoms. The van der Waals surface area contributed by atoms with Gasteiger partial charge in [0.05, 0.1) is 5.60 Å². The molecule has 4 heteroatoms. The monoisotopic (exact) mass is 270 g/mol. The first-order chi connectivity index (χ1) is 9.26. The van der Waals surface area contributed by atoms with Gasteiger partial charge in [0.2, 0.25) is 0 Å². The Morgan fingerprint density at radius 2 is 1.95 bits per heavy atom. The van der Waals surface area contributed by atoms with Crippen molar-refractivity contribution in [1.82, 2.24) is 4.90 Å². The summed E-state index contributed by atoms with van der Waals surface area (Å²) in [5.74, 6) is 0. The molecule has 2 fully saturated rings. The van der Waals surface area contributed by atoms with Crippen molar-refractivity contribution in [2.24, 2.45) is 5.73 Å². The summed E-state index contributed by atoms with van der Waals surface area (Å²) in [5, 5.41) is 0. The van der Waals surface area contributed by atoms with Crippen molar-refractivity contribution in [1.29, 1.82) is 0 Å². The van der Waals surface area contributed by atoms with Gasteiger partial charge in [0.25, 0.3) is 0 Å². The first-order valence-electron chi connectivity index (χ1n) is 7.88. The summed E-state index contributed by atoms with van der Waals surface area (Å²) in [7, 11) is 2.27. The Morgan fingerprint density at radius 3 is 2.68 bits per heavy atom. The number of ether oxygens (including phenoxy) is 2. The van der Waals surface area contributed by atoms with E-state index in [1.165, 1.54) is 32.2 Å². The van der Waals surface area contributed by atoms with E-state index in [9.17, 15) is 0 Å². The van der Waals surface area contributed by atoms with Crippen LogP contribution in [0.1, 0.15) is 44.9 Å². The Morgan fingerprint density at radius 1 is 1.16 bits per heavy atom. The van der Waals surface area contributed by atoms with E-state index in [4.69, 9.17) is 15.2 Å². The highest BCUT2D eigenvalue weighted by Gasteiger charge is 2.39. The van der Waals surface area contributed by atoms with E-state index in [0.717, 1.165) is 45.6 Å². The molecule has 2 aliphatic rings. The third-order valence-corrected chi connectivity index (χ3v) is 4.71. The largest absolute Gasteiger partial charge is 0.381 e. The smallest absolute Gasteiger partial charge is 0.0741 e. The van der Waals surface area contributed by atoms with Gasteiger partial charge in [-0.15, -0.1) is 0 Å². The van der Waals surface area contributed by atoms with Crippen LogP contribution >= 0.6 is 0 Å². The summed E-state index contributed by atoms with van der Waals surface area (Å²) in [4.78, 5) is 2.54. The molecule has 0 amide bonds. The van der Waals surface area contributed by atoms with Gasteiger partial charge in [-0.2, -0.15) is 0 Å². The molecule has 4 nitrogen and oxygen atoms in total. The Bertz CT molecular complexity index is 249. The quantitative estimate of drug-likeness (QED) is 0.747. The van der Waals surface area contributed by atoms with Gasteiger partial charge in [0.1, 0.15) is 0 Å². The summed E-state index contributed by atoms with van der Waals surface area (Å²) in [6.45, 7) is 4.67. The number of nitrogens with two attached hydrogens (primary N) is 1. The molecule has 112 valence electrons. The van der Waals surface area contributed by atoms with E-state index >= 15 is 0 Å². The highest BCUT2D eigenvalue weighted by Crippen LogP contribution is 2.35. The first-order valence-corrected chi connectivity index (χ1v) is 7.88. The number of hydrogen-bond acceptors (Lipinski definition) is 4. The lowest BCUT2D eigenvalue weighted by atomic mass is 9.83. The summed E-state index contributed by atoms with van der Waals surface area (Å²) in [5.41, 5.74) is 5.66. The molecule has 0 saturated carbocycles. The van der Waals surface area contributed by atoms with Crippen LogP contribution in [0.2, 0.25) is 0 Å². The Labute approximate surface area is 117 Å². The van der Waals surface area contributed by atoms with Crippen molar-refractivity contribution in [3.8, 4) is 0 Å². The van der Waals surface area contributed by atoms with Crippen LogP contribution in [0.5, 0.6) is 0 Å². The molecule has 0 aromatic heterocycles. The standard InChI is InChI=1S/C15H30N2O2/c1-17(9-4-2-3-8-16)14-5-10-19-15(13-14)6-11-18-12-7-15/h14H,2-13,16H2,1H3. The molecule has 1 unspecified atom stereocenters. The van der Waals surface area contributed by atoms with Crippen molar-refractivity contribution >= 4 is 0 Å². The minimum absolute atomic E-state index is 0.118. The van der Waals surface area contributed by atoms with E-state index in [0.29, 0.717) is 6.04 Å². The first kappa shape index (κ1) is 15.2. The predicted molar refractivity (Wildman–Crippen MR) is 77.3 cm³/mol. The van der Waals surface area contributed by atoms with Crippen LogP contribution in [-0.4, -0.2) is 56.5 Å². The van der Waals surface area contributed by atoms with Gasteiger partial charge < -0.3 is 20.1 Å². The van der Waals surface area contributed by atoms with Crippen LogP contribution < -0.4 is 5.73 Å². The highest BCUT2D eigenvalue weighted by atomic mass is 16.5. The second-order valence-electron chi connectivity index (χ2n) is 6.12. The Balaban J connectivity index is 1.76. The van der Waals surface area contributed by atoms with Crippen molar-refractivity contribution in [3.05, 3.63) is 0 Å². The van der Waals surface area contributed by atoms with Crippen LogP contribution in [0.4, 0.5) is 0 Å². The minimum atomic E-state index is 0.118. The molecule has 2 saturated heterocycles. The van der Waals surface area contributed by atoms with E-state index in [-0.39, 0.29) is 5.60 Å². The third kappa shape index (κ3) is 4.42. The second-order valence-corrected chi connectivity index (χ2v) is 6.12. The lowest BCUT2D eigenvalue weighted by Gasteiger charge is -2.45. The second kappa shape index (κ2) is 7.58. The third-order valence-electron chi connectivity index (χ3n) is 4.71. The van der Waals surface area contributed by atoms with Crippen LogP contribution in [-0.2, 0) is 9.47 Å². The van der Waals surface area contributed by atoms with E-state index < -0.39 is 0 Å². The molecule has 0 radical (unpaired) electrons. The fourth-order valence-corrected chi connectivity index (χ4v) is 3.33. The zero-order valence-electron chi connectivity index (χ0n) is 12.4. The summed E-state index contributed by atoms with van der Waals surface area (Å²) < 4.78 is 11.6. The number of unbranched alkanes of at least 4 members (excludes halogenated alkanes) is 2. The zero-order chi connectivity index (χ0) is 13.6. The lowest BCUT2D eigenvalue weighted by Crippen LogP contribution is -2.50. The molecular formula is C15H30N2O2. The zero-order valence-corrected chi connectivity index (χ0v) is 12.4. The Kier molecular flexibility index (Phi) is 6.07. The molecule has 0 aromatic rings. The average Bonchev–Trinajstić information content (AvgIpc) is 2.44. The molecule has 2 N–H and O–H groups in total. The van der Waals surface area contributed by atoms with Crippen LogP contribution in [0.15, 0.2) is 0 Å². The Hall–Kier alpha value is -0.160. The molecule has 0 aliphatic carbocycles. The summed E-state index contributed by atoms with van der Waals surface area (Å²) >= 11 is 0. The van der Waals surface area contributed by atoms with Crippen LogP contribution in [0.3, 0.4) is 0 Å². The maximum atomic E-state index is 6.11. The van der Waals surface area contributed by atoms with Gasteiger partial charge in [-0.25, -0.2) is 0 Å². The van der Waals surface area contributed by atoms with Gasteiger partial charge in [0.15, 0.2) is 0 Å². The molecule has 2 rings (SSSR count). The summed E-state index contributed by atoms with van der Waals surface area (Å²) in [6.07, 6.45) is 8.18. The topological polar surface area (TPSA) is 47.7 Å². The van der Waals surface area contributed by atoms with Gasteiger partial charge in [-0.05, 0) is 58.7 Å². The number of nitrogens with zero attached hydrogens (tertiary/aromatic N) is 1. The highest BCUT2D eigenvalue weighted by molar-refractivity contribution is 4.91. The molecular weight excluding hydrogens is 240 g/mol.